The molecule has 1 amide bonds. The first-order chi connectivity index (χ1) is 15.2. The fourth-order valence-electron chi connectivity index (χ4n) is 4.82. The normalized spacial score (nSPS) is 32.7. The Kier molecular flexibility index (Phi) is 6.15. The Bertz CT molecular complexity index is 910. The predicted molar refractivity (Wildman–Crippen MR) is 119 cm³/mol. The molecule has 4 N–H and O–H groups in total. The third-order valence-electron chi connectivity index (χ3n) is 6.66. The van der Waals surface area contributed by atoms with Crippen LogP contribution in [0.2, 0.25) is 0 Å². The lowest BCUT2D eigenvalue weighted by molar-refractivity contribution is -0.131. The minimum Gasteiger partial charge on any atom is -0.379 e. The Morgan fingerprint density at radius 3 is 2.77 bits per heavy atom. The quantitative estimate of drug-likeness (QED) is 0.575. The summed E-state index contributed by atoms with van der Waals surface area (Å²) >= 11 is 0. The lowest BCUT2D eigenvalue weighted by Crippen LogP contribution is -2.72. The molecule has 0 radical (unpaired) electrons. The van der Waals surface area contributed by atoms with Gasteiger partial charge in [0.25, 0.3) is 0 Å². The van der Waals surface area contributed by atoms with Crippen LogP contribution < -0.4 is 21.3 Å². The number of carbonyl (C=O) groups is 1. The Labute approximate surface area is 183 Å². The summed E-state index contributed by atoms with van der Waals surface area (Å²) in [6, 6.07) is 12.9. The molecule has 5 rings (SSSR count). The summed E-state index contributed by atoms with van der Waals surface area (Å²) in [5.41, 5.74) is 1.70. The number of amides is 1. The zero-order chi connectivity index (χ0) is 21.2. The summed E-state index contributed by atoms with van der Waals surface area (Å²) in [5, 5.41) is 15.2. The monoisotopic (exact) mass is 424 g/mol. The fourth-order valence-corrected chi connectivity index (χ4v) is 4.82. The van der Waals surface area contributed by atoms with E-state index >= 15 is 0 Å². The molecule has 1 aromatic heterocycles. The number of hydrogen-bond acceptors (Lipinski definition) is 7. The van der Waals surface area contributed by atoms with Crippen LogP contribution >= 0.6 is 0 Å². The molecule has 166 valence electrons. The van der Waals surface area contributed by atoms with Crippen molar-refractivity contribution in [2.75, 3.05) is 32.8 Å². The number of morpholine rings is 1. The van der Waals surface area contributed by atoms with Crippen molar-refractivity contribution in [3.05, 3.63) is 42.1 Å². The number of aromatic nitrogens is 1. The van der Waals surface area contributed by atoms with Gasteiger partial charge in [-0.15, -0.1) is 0 Å². The summed E-state index contributed by atoms with van der Waals surface area (Å²) < 4.78 is 5.49. The molecule has 4 heterocycles. The highest BCUT2D eigenvalue weighted by molar-refractivity contribution is 5.86. The van der Waals surface area contributed by atoms with Gasteiger partial charge in [-0.1, -0.05) is 24.3 Å². The van der Waals surface area contributed by atoms with Crippen LogP contribution in [0.4, 0.5) is 0 Å². The van der Waals surface area contributed by atoms with Gasteiger partial charge in [-0.05, 0) is 31.9 Å². The van der Waals surface area contributed by atoms with Gasteiger partial charge in [0.15, 0.2) is 0 Å². The molecule has 3 aliphatic heterocycles. The second-order valence-electron chi connectivity index (χ2n) is 8.86. The van der Waals surface area contributed by atoms with Crippen molar-refractivity contribution in [2.45, 2.75) is 50.2 Å². The van der Waals surface area contributed by atoms with Gasteiger partial charge in [-0.2, -0.15) is 0 Å². The van der Waals surface area contributed by atoms with Crippen LogP contribution in [0.5, 0.6) is 0 Å². The summed E-state index contributed by atoms with van der Waals surface area (Å²) in [4.78, 5) is 20.5. The first kappa shape index (κ1) is 20.8. The zero-order valence-corrected chi connectivity index (χ0v) is 18.0. The molecule has 2 aromatic rings. The molecular formula is C23H32N6O2. The average molecular weight is 425 g/mol. The number of rotatable bonds is 4. The van der Waals surface area contributed by atoms with E-state index in [9.17, 15) is 4.79 Å². The minimum atomic E-state index is -0.402. The first-order valence-electron chi connectivity index (χ1n) is 11.4. The molecule has 3 unspecified atom stereocenters. The Morgan fingerprint density at radius 1 is 1.13 bits per heavy atom. The zero-order valence-electron chi connectivity index (χ0n) is 18.0. The molecule has 31 heavy (non-hydrogen) atoms. The van der Waals surface area contributed by atoms with E-state index in [-0.39, 0.29) is 18.4 Å². The number of fused-ring (bicyclic) bond motifs is 1. The molecule has 1 aromatic carbocycles. The Morgan fingerprint density at radius 2 is 1.97 bits per heavy atom. The van der Waals surface area contributed by atoms with Crippen LogP contribution in [0.25, 0.3) is 10.9 Å². The van der Waals surface area contributed by atoms with Crippen LogP contribution in [-0.4, -0.2) is 73.2 Å². The highest BCUT2D eigenvalue weighted by Gasteiger charge is 2.41. The largest absolute Gasteiger partial charge is 0.379 e. The summed E-state index contributed by atoms with van der Waals surface area (Å²) in [6.07, 6.45) is 1.81. The fraction of sp³-hybridized carbons (Fsp3) is 0.565. The molecule has 0 bridgehead atoms. The van der Waals surface area contributed by atoms with Crippen molar-refractivity contribution in [2.24, 2.45) is 0 Å². The number of ether oxygens (including phenoxy) is 1. The average Bonchev–Trinajstić information content (AvgIpc) is 2.81. The van der Waals surface area contributed by atoms with Crippen molar-refractivity contribution in [3.63, 3.8) is 0 Å². The maximum atomic E-state index is 13.4. The second kappa shape index (κ2) is 9.18. The second-order valence-corrected chi connectivity index (χ2v) is 8.86. The van der Waals surface area contributed by atoms with E-state index < -0.39 is 5.92 Å². The third-order valence-corrected chi connectivity index (χ3v) is 6.66. The molecular weight excluding hydrogens is 392 g/mol. The standard InChI is InChI=1S/C23H32N6O2/c1-15-6-8-17(14-24-15)25-21-20(19-9-7-16-4-2-3-5-18(16)26-19)22(30)28-23(27-21)29-10-12-31-13-11-29/h2-5,7,9,15,17,20-21,23-25,27H,6,8,10-14H2,1H3,(H,28,30)/t15-,17-,20?,21?,23?/m1/s1. The van der Waals surface area contributed by atoms with Crippen LogP contribution in [0.3, 0.4) is 0 Å². The van der Waals surface area contributed by atoms with Gasteiger partial charge in [-0.3, -0.25) is 25.3 Å². The van der Waals surface area contributed by atoms with Crippen LogP contribution in [-0.2, 0) is 9.53 Å². The summed E-state index contributed by atoms with van der Waals surface area (Å²) in [7, 11) is 0. The molecule has 3 aliphatic rings. The third kappa shape index (κ3) is 4.58. The van der Waals surface area contributed by atoms with Crippen molar-refractivity contribution in [3.8, 4) is 0 Å². The minimum absolute atomic E-state index is 0.00709. The van der Waals surface area contributed by atoms with Gasteiger partial charge in [0, 0.05) is 37.1 Å². The molecule has 0 saturated carbocycles. The number of nitrogens with one attached hydrogen (secondary N) is 4. The van der Waals surface area contributed by atoms with E-state index in [4.69, 9.17) is 9.72 Å². The van der Waals surface area contributed by atoms with E-state index in [0.717, 1.165) is 49.1 Å². The van der Waals surface area contributed by atoms with Gasteiger partial charge in [0.2, 0.25) is 5.91 Å². The van der Waals surface area contributed by atoms with Crippen molar-refractivity contribution < 1.29 is 9.53 Å². The molecule has 3 saturated heterocycles. The smallest absolute Gasteiger partial charge is 0.234 e. The molecule has 5 atom stereocenters. The molecule has 8 heteroatoms. The van der Waals surface area contributed by atoms with Crippen molar-refractivity contribution >= 4 is 16.8 Å². The number of hydrogen-bond donors (Lipinski definition) is 4. The summed E-state index contributed by atoms with van der Waals surface area (Å²) in [5.74, 6) is -0.395. The molecule has 0 spiro atoms. The van der Waals surface area contributed by atoms with Crippen molar-refractivity contribution in [1.82, 2.24) is 31.2 Å². The van der Waals surface area contributed by atoms with Crippen LogP contribution in [0.15, 0.2) is 36.4 Å². The van der Waals surface area contributed by atoms with Crippen molar-refractivity contribution in [1.29, 1.82) is 0 Å². The lowest BCUT2D eigenvalue weighted by Gasteiger charge is -2.45. The Hall–Kier alpha value is -2.10. The van der Waals surface area contributed by atoms with Crippen LogP contribution in [0.1, 0.15) is 31.4 Å². The van der Waals surface area contributed by atoms with E-state index in [1.165, 1.54) is 0 Å². The number of carbonyl (C=O) groups excluding carboxylic acids is 1. The maximum Gasteiger partial charge on any atom is 0.234 e. The maximum absolute atomic E-state index is 13.4. The van der Waals surface area contributed by atoms with E-state index in [1.807, 2.05) is 30.3 Å². The van der Waals surface area contributed by atoms with Gasteiger partial charge >= 0.3 is 0 Å². The van der Waals surface area contributed by atoms with E-state index in [1.54, 1.807) is 0 Å². The predicted octanol–water partition coefficient (Wildman–Crippen LogP) is 0.710. The van der Waals surface area contributed by atoms with Crippen LogP contribution in [0, 0.1) is 0 Å². The number of benzene rings is 1. The summed E-state index contributed by atoms with van der Waals surface area (Å²) in [6.45, 7) is 6.09. The van der Waals surface area contributed by atoms with E-state index in [0.29, 0.717) is 25.3 Å². The SMILES string of the molecule is C[C@@H]1CC[C@@H](NC2NC(N3CCOCC3)NC(=O)C2c2ccc3ccccc3n2)CN1. The van der Waals surface area contributed by atoms with Gasteiger partial charge in [-0.25, -0.2) is 0 Å². The molecule has 8 nitrogen and oxygen atoms in total. The lowest BCUT2D eigenvalue weighted by atomic mass is 9.94. The highest BCUT2D eigenvalue weighted by atomic mass is 16.5. The van der Waals surface area contributed by atoms with E-state index in [2.05, 4.69) is 39.2 Å². The van der Waals surface area contributed by atoms with Gasteiger partial charge < -0.3 is 15.4 Å². The molecule has 0 aliphatic carbocycles. The van der Waals surface area contributed by atoms with Gasteiger partial charge in [0.1, 0.15) is 12.2 Å². The number of para-hydroxylation sites is 1. The number of pyridine rings is 1. The first-order valence-corrected chi connectivity index (χ1v) is 11.4. The molecule has 3 fully saturated rings. The number of nitrogens with zero attached hydrogens (tertiary/aromatic N) is 2. The Balaban J connectivity index is 1.41. The number of piperidine rings is 1. The topological polar surface area (TPSA) is 90.5 Å². The van der Waals surface area contributed by atoms with Gasteiger partial charge in [0.05, 0.1) is 30.6 Å². The highest BCUT2D eigenvalue weighted by Crippen LogP contribution is 2.25.